The summed E-state index contributed by atoms with van der Waals surface area (Å²) in [5.74, 6) is 4.54. The lowest BCUT2D eigenvalue weighted by Gasteiger charge is -2.27. The number of hydrogen-bond donors (Lipinski definition) is 4. The molecule has 2 aromatic carbocycles. The van der Waals surface area contributed by atoms with E-state index in [4.69, 9.17) is 16.2 Å². The summed E-state index contributed by atoms with van der Waals surface area (Å²) in [5.41, 5.74) is 13.7. The van der Waals surface area contributed by atoms with Crippen LogP contribution in [0.5, 0.6) is 0 Å². The Kier molecular flexibility index (Phi) is 10.7. The van der Waals surface area contributed by atoms with E-state index in [-0.39, 0.29) is 24.8 Å². The first-order valence-electron chi connectivity index (χ1n) is 12.8. The van der Waals surface area contributed by atoms with Crippen molar-refractivity contribution in [3.8, 4) is 11.8 Å². The predicted octanol–water partition coefficient (Wildman–Crippen LogP) is 1.63. The Balaban J connectivity index is 1.57. The van der Waals surface area contributed by atoms with Gasteiger partial charge < -0.3 is 26.8 Å². The van der Waals surface area contributed by atoms with Gasteiger partial charge in [0.05, 0.1) is 13.7 Å². The van der Waals surface area contributed by atoms with E-state index in [0.717, 1.165) is 48.8 Å². The van der Waals surface area contributed by atoms with Crippen LogP contribution < -0.4 is 22.1 Å². The Labute approximate surface area is 223 Å². The van der Waals surface area contributed by atoms with Gasteiger partial charge in [-0.3, -0.25) is 9.59 Å². The third-order valence-corrected chi connectivity index (χ3v) is 6.42. The van der Waals surface area contributed by atoms with Gasteiger partial charge in [-0.05, 0) is 48.6 Å². The highest BCUT2D eigenvalue weighted by atomic mass is 16.5. The molecule has 0 heterocycles. The highest BCUT2D eigenvalue weighted by Gasteiger charge is 2.30. The van der Waals surface area contributed by atoms with E-state index >= 15 is 0 Å². The van der Waals surface area contributed by atoms with Crippen molar-refractivity contribution < 1.29 is 19.1 Å². The number of guanidine groups is 1. The Morgan fingerprint density at radius 1 is 0.974 bits per heavy atom. The van der Waals surface area contributed by atoms with Gasteiger partial charge in [0, 0.05) is 17.5 Å². The standard InChI is InChI=1S/C29H35N5O4/c1-38-28(37)24(18-22-16-14-21(15-17-22)13-12-20-8-4-2-5-9-20)33-25(35)19-32-27(36)26(34-29(30)31)23-10-6-3-7-11-23/h2,4-5,8-9,14-17,23-24,26H,3,6-7,10-11,18-19H2,1H3,(H,32,36)(H,33,35)(H4,30,31,34)/t24-,26-/m0/s1. The molecule has 3 rings (SSSR count). The number of ether oxygens (including phenoxy) is 1. The number of nitrogens with one attached hydrogen (secondary N) is 2. The number of esters is 1. The SMILES string of the molecule is COC(=O)[C@H](Cc1ccc(C#Cc2ccccc2)cc1)NC(=O)CNC(=O)[C@@H](N=C(N)N)C1CCCCC1. The maximum atomic E-state index is 12.8. The normalized spacial score (nSPS) is 14.7. The molecule has 2 aromatic rings. The van der Waals surface area contributed by atoms with Crippen LogP contribution in [0.3, 0.4) is 0 Å². The molecule has 0 saturated heterocycles. The van der Waals surface area contributed by atoms with E-state index in [1.165, 1.54) is 7.11 Å². The molecule has 0 unspecified atom stereocenters. The monoisotopic (exact) mass is 517 g/mol. The van der Waals surface area contributed by atoms with Crippen molar-refractivity contribution in [3.05, 3.63) is 71.3 Å². The smallest absolute Gasteiger partial charge is 0.328 e. The number of carbonyl (C=O) groups excluding carboxylic acids is 3. The Bertz CT molecular complexity index is 1170. The number of hydrogen-bond acceptors (Lipinski definition) is 5. The number of nitrogens with two attached hydrogens (primary N) is 2. The molecule has 0 radical (unpaired) electrons. The molecule has 1 aliphatic carbocycles. The molecule has 2 atom stereocenters. The maximum absolute atomic E-state index is 12.8. The zero-order valence-electron chi connectivity index (χ0n) is 21.6. The van der Waals surface area contributed by atoms with E-state index < -0.39 is 29.9 Å². The van der Waals surface area contributed by atoms with Crippen molar-refractivity contribution in [1.29, 1.82) is 0 Å². The van der Waals surface area contributed by atoms with Crippen molar-refractivity contribution in [2.45, 2.75) is 50.6 Å². The summed E-state index contributed by atoms with van der Waals surface area (Å²) in [6.45, 7) is -0.316. The molecule has 0 aliphatic heterocycles. The Morgan fingerprint density at radius 2 is 1.61 bits per heavy atom. The topological polar surface area (TPSA) is 149 Å². The Morgan fingerprint density at radius 3 is 2.21 bits per heavy atom. The molecule has 0 spiro atoms. The van der Waals surface area contributed by atoms with Gasteiger partial charge in [0.1, 0.15) is 12.1 Å². The van der Waals surface area contributed by atoms with E-state index in [1.54, 1.807) is 0 Å². The fourth-order valence-electron chi connectivity index (χ4n) is 4.47. The van der Waals surface area contributed by atoms with Gasteiger partial charge >= 0.3 is 5.97 Å². The number of nitrogens with zero attached hydrogens (tertiary/aromatic N) is 1. The molecule has 1 aliphatic rings. The summed E-state index contributed by atoms with van der Waals surface area (Å²) in [6, 6.07) is 15.4. The summed E-state index contributed by atoms with van der Waals surface area (Å²) in [6.07, 6.45) is 5.06. The van der Waals surface area contributed by atoms with Crippen LogP contribution in [0.1, 0.15) is 48.8 Å². The highest BCUT2D eigenvalue weighted by Crippen LogP contribution is 2.28. The molecule has 200 valence electrons. The van der Waals surface area contributed by atoms with Crippen LogP contribution in [0.4, 0.5) is 0 Å². The third kappa shape index (κ3) is 8.96. The zero-order chi connectivity index (χ0) is 27.3. The minimum Gasteiger partial charge on any atom is -0.467 e. The number of methoxy groups -OCH3 is 1. The second-order valence-electron chi connectivity index (χ2n) is 9.28. The lowest BCUT2D eigenvalue weighted by Crippen LogP contribution is -2.49. The Hall–Kier alpha value is -4.32. The number of aliphatic imine (C=N–C) groups is 1. The zero-order valence-corrected chi connectivity index (χ0v) is 21.6. The average molecular weight is 518 g/mol. The molecule has 2 amide bonds. The van der Waals surface area contributed by atoms with Crippen molar-refractivity contribution in [2.75, 3.05) is 13.7 Å². The van der Waals surface area contributed by atoms with Gasteiger partial charge in [-0.2, -0.15) is 0 Å². The first-order valence-corrected chi connectivity index (χ1v) is 12.8. The lowest BCUT2D eigenvalue weighted by molar-refractivity contribution is -0.145. The van der Waals surface area contributed by atoms with Crippen LogP contribution >= 0.6 is 0 Å². The number of amides is 2. The van der Waals surface area contributed by atoms with E-state index in [1.807, 2.05) is 54.6 Å². The largest absolute Gasteiger partial charge is 0.467 e. The van der Waals surface area contributed by atoms with Gasteiger partial charge in [0.15, 0.2) is 5.96 Å². The van der Waals surface area contributed by atoms with Crippen molar-refractivity contribution in [1.82, 2.24) is 10.6 Å². The summed E-state index contributed by atoms with van der Waals surface area (Å²) in [5, 5.41) is 5.26. The van der Waals surface area contributed by atoms with E-state index in [2.05, 4.69) is 27.5 Å². The molecule has 9 heteroatoms. The van der Waals surface area contributed by atoms with Gasteiger partial charge in [0.2, 0.25) is 11.8 Å². The van der Waals surface area contributed by atoms with Crippen molar-refractivity contribution in [2.24, 2.45) is 22.4 Å². The van der Waals surface area contributed by atoms with E-state index in [9.17, 15) is 14.4 Å². The molecule has 38 heavy (non-hydrogen) atoms. The number of benzene rings is 2. The number of rotatable bonds is 9. The summed E-state index contributed by atoms with van der Waals surface area (Å²) in [7, 11) is 1.26. The van der Waals surface area contributed by atoms with Crippen molar-refractivity contribution >= 4 is 23.7 Å². The van der Waals surface area contributed by atoms with Crippen LogP contribution in [-0.4, -0.2) is 49.5 Å². The summed E-state index contributed by atoms with van der Waals surface area (Å²) < 4.78 is 4.87. The second-order valence-corrected chi connectivity index (χ2v) is 9.28. The summed E-state index contributed by atoms with van der Waals surface area (Å²) >= 11 is 0. The van der Waals surface area contributed by atoms with Gasteiger partial charge in [0.25, 0.3) is 0 Å². The molecule has 1 fully saturated rings. The van der Waals surface area contributed by atoms with Crippen LogP contribution in [0.15, 0.2) is 59.6 Å². The molecular formula is C29H35N5O4. The lowest BCUT2D eigenvalue weighted by atomic mass is 9.83. The average Bonchev–Trinajstić information content (AvgIpc) is 2.94. The van der Waals surface area contributed by atoms with Gasteiger partial charge in [-0.25, -0.2) is 9.79 Å². The molecule has 0 bridgehead atoms. The van der Waals surface area contributed by atoms with Crippen LogP contribution in [0, 0.1) is 17.8 Å². The minimum absolute atomic E-state index is 0.0251. The van der Waals surface area contributed by atoms with Crippen LogP contribution in [0.25, 0.3) is 0 Å². The van der Waals surface area contributed by atoms with Gasteiger partial charge in [-0.1, -0.05) is 61.4 Å². The molecule has 6 N–H and O–H groups in total. The first kappa shape index (κ1) is 28.3. The molecule has 1 saturated carbocycles. The minimum atomic E-state index is -0.919. The molecule has 0 aromatic heterocycles. The molecular weight excluding hydrogens is 482 g/mol. The van der Waals surface area contributed by atoms with Crippen LogP contribution in [0.2, 0.25) is 0 Å². The van der Waals surface area contributed by atoms with Gasteiger partial charge in [-0.15, -0.1) is 0 Å². The first-order chi connectivity index (χ1) is 18.4. The van der Waals surface area contributed by atoms with Crippen LogP contribution in [-0.2, 0) is 25.5 Å². The highest BCUT2D eigenvalue weighted by molar-refractivity contribution is 5.91. The quantitative estimate of drug-likeness (QED) is 0.172. The van der Waals surface area contributed by atoms with E-state index in [0.29, 0.717) is 0 Å². The second kappa shape index (κ2) is 14.4. The molecule has 9 nitrogen and oxygen atoms in total. The third-order valence-electron chi connectivity index (χ3n) is 6.42. The fourth-order valence-corrected chi connectivity index (χ4v) is 4.47. The van der Waals surface area contributed by atoms with Crippen molar-refractivity contribution in [3.63, 3.8) is 0 Å². The predicted molar refractivity (Wildman–Crippen MR) is 146 cm³/mol. The fraction of sp³-hybridized carbons (Fsp3) is 0.379. The maximum Gasteiger partial charge on any atom is 0.328 e. The summed E-state index contributed by atoms with van der Waals surface area (Å²) in [4.78, 5) is 41.9. The number of carbonyl (C=O) groups is 3.